The van der Waals surface area contributed by atoms with Gasteiger partial charge in [-0.25, -0.2) is 0 Å². The smallest absolute Gasteiger partial charge is 0.297 e. The van der Waals surface area contributed by atoms with Gasteiger partial charge in [0.1, 0.15) is 0 Å². The summed E-state index contributed by atoms with van der Waals surface area (Å²) in [7, 11) is -4.01. The summed E-state index contributed by atoms with van der Waals surface area (Å²) in [6, 6.07) is 5.24. The normalized spacial score (nSPS) is 13.2. The summed E-state index contributed by atoms with van der Waals surface area (Å²) >= 11 is 6.73. The zero-order valence-electron chi connectivity index (χ0n) is 14.3. The number of benzene rings is 1. The van der Waals surface area contributed by atoms with E-state index in [1.54, 1.807) is 59.7 Å². The maximum Gasteiger partial charge on any atom is 0.402 e. The fourth-order valence-corrected chi connectivity index (χ4v) is 5.03. The van der Waals surface area contributed by atoms with Crippen molar-refractivity contribution in [3.63, 3.8) is 0 Å². The van der Waals surface area contributed by atoms with Crippen molar-refractivity contribution in [3.05, 3.63) is 33.8 Å². The number of hydrogen-bond donors (Lipinski definition) is 0. The second-order valence-corrected chi connectivity index (χ2v) is 10.3. The van der Waals surface area contributed by atoms with Crippen LogP contribution in [0, 0.1) is 0 Å². The summed E-state index contributed by atoms with van der Waals surface area (Å²) in [4.78, 5) is 12.9. The number of hydrogen-bond acceptors (Lipinski definition) is 4. The standard InChI is InChI=1S/C16H23Br2O4P/c1-15(2,3)21-23(20,22-16(4,5)6)14(19)12-8-7-11(10-17)9-13(12)18/h7-9H,10H2,1-6H3. The molecule has 0 fully saturated rings. The van der Waals surface area contributed by atoms with E-state index in [1.807, 2.05) is 0 Å². The Balaban J connectivity index is 3.31. The molecular formula is C16H23Br2O4P. The van der Waals surface area contributed by atoms with Gasteiger partial charge in [0.25, 0.3) is 5.52 Å². The van der Waals surface area contributed by atoms with Crippen molar-refractivity contribution in [3.8, 4) is 0 Å². The molecule has 1 aromatic rings. The van der Waals surface area contributed by atoms with Gasteiger partial charge in [0, 0.05) is 15.4 Å². The maximum atomic E-state index is 13.2. The van der Waals surface area contributed by atoms with E-state index < -0.39 is 24.3 Å². The lowest BCUT2D eigenvalue weighted by atomic mass is 10.2. The Labute approximate surface area is 155 Å². The van der Waals surface area contributed by atoms with Gasteiger partial charge in [-0.05, 0) is 59.2 Å². The van der Waals surface area contributed by atoms with Gasteiger partial charge in [-0.3, -0.25) is 18.4 Å². The number of carbonyl (C=O) groups excluding carboxylic acids is 1. The summed E-state index contributed by atoms with van der Waals surface area (Å²) in [5.74, 6) is 0. The van der Waals surface area contributed by atoms with Gasteiger partial charge < -0.3 is 0 Å². The molecule has 0 saturated heterocycles. The Morgan fingerprint density at radius 3 is 1.91 bits per heavy atom. The lowest BCUT2D eigenvalue weighted by molar-refractivity contribution is 0.0447. The van der Waals surface area contributed by atoms with E-state index in [9.17, 15) is 9.36 Å². The number of carbonyl (C=O) groups is 1. The van der Waals surface area contributed by atoms with Gasteiger partial charge in [-0.2, -0.15) is 0 Å². The third-order valence-corrected chi connectivity index (χ3v) is 6.07. The molecule has 0 aromatic heterocycles. The molecule has 0 atom stereocenters. The first-order chi connectivity index (χ1) is 10.3. The number of halogens is 2. The molecule has 0 bridgehead atoms. The molecule has 0 unspecified atom stereocenters. The van der Waals surface area contributed by atoms with E-state index >= 15 is 0 Å². The number of rotatable bonds is 5. The van der Waals surface area contributed by atoms with Crippen molar-refractivity contribution in [1.82, 2.24) is 0 Å². The van der Waals surface area contributed by atoms with Crippen molar-refractivity contribution in [2.24, 2.45) is 0 Å². The minimum absolute atomic E-state index is 0.284. The zero-order valence-corrected chi connectivity index (χ0v) is 18.3. The molecule has 0 N–H and O–H groups in total. The average molecular weight is 470 g/mol. The first-order valence-corrected chi connectivity index (χ1v) is 10.6. The molecular weight excluding hydrogens is 447 g/mol. The van der Waals surface area contributed by atoms with Crippen LogP contribution in [0.1, 0.15) is 57.5 Å². The fourth-order valence-electron chi connectivity index (χ4n) is 1.79. The maximum absolute atomic E-state index is 13.2. The molecule has 0 aliphatic carbocycles. The molecule has 0 saturated carbocycles. The fraction of sp³-hybridized carbons (Fsp3) is 0.562. The van der Waals surface area contributed by atoms with Crippen LogP contribution in [0.25, 0.3) is 0 Å². The summed E-state index contributed by atoms with van der Waals surface area (Å²) in [6.07, 6.45) is 0. The average Bonchev–Trinajstić information content (AvgIpc) is 2.33. The largest absolute Gasteiger partial charge is 0.402 e. The monoisotopic (exact) mass is 468 g/mol. The molecule has 0 aliphatic rings. The zero-order chi connectivity index (χ0) is 18.1. The van der Waals surface area contributed by atoms with Crippen LogP contribution >= 0.6 is 39.5 Å². The minimum atomic E-state index is -4.01. The number of alkyl halides is 1. The third-order valence-electron chi connectivity index (χ3n) is 2.46. The first kappa shape index (κ1) is 21.0. The minimum Gasteiger partial charge on any atom is -0.297 e. The van der Waals surface area contributed by atoms with Crippen LogP contribution in [0.3, 0.4) is 0 Å². The Bertz CT molecular complexity index is 610. The molecule has 0 spiro atoms. The summed E-state index contributed by atoms with van der Waals surface area (Å²) in [5, 5.41) is 0.661. The van der Waals surface area contributed by atoms with E-state index in [1.165, 1.54) is 0 Å². The van der Waals surface area contributed by atoms with Gasteiger partial charge in [-0.15, -0.1) is 0 Å². The first-order valence-electron chi connectivity index (χ1n) is 7.18. The van der Waals surface area contributed by atoms with Gasteiger partial charge >= 0.3 is 7.60 Å². The van der Waals surface area contributed by atoms with Crippen LogP contribution in [0.15, 0.2) is 22.7 Å². The highest BCUT2D eigenvalue weighted by molar-refractivity contribution is 9.10. The Hall–Kier alpha value is -0.000000000000000111. The predicted octanol–water partition coefficient (Wildman–Crippen LogP) is 6.31. The van der Waals surface area contributed by atoms with Crippen molar-refractivity contribution in [2.75, 3.05) is 0 Å². The summed E-state index contributed by atoms with van der Waals surface area (Å²) in [5.41, 5.74) is -0.920. The molecule has 7 heteroatoms. The second kappa shape index (κ2) is 7.49. The van der Waals surface area contributed by atoms with Crippen molar-refractivity contribution in [1.29, 1.82) is 0 Å². The molecule has 1 aromatic carbocycles. The Morgan fingerprint density at radius 2 is 1.57 bits per heavy atom. The summed E-state index contributed by atoms with van der Waals surface area (Å²) < 4.78 is 25.0. The van der Waals surface area contributed by atoms with Crippen LogP contribution in [0.2, 0.25) is 0 Å². The SMILES string of the molecule is CC(C)(C)OP(=O)(OC(C)(C)C)C(=O)c1ccc(CBr)cc1Br. The molecule has 0 heterocycles. The Morgan fingerprint density at radius 1 is 1.09 bits per heavy atom. The highest BCUT2D eigenvalue weighted by Gasteiger charge is 2.43. The van der Waals surface area contributed by atoms with Gasteiger partial charge in [0.15, 0.2) is 0 Å². The third kappa shape index (κ3) is 6.43. The van der Waals surface area contributed by atoms with Crippen LogP contribution in [-0.4, -0.2) is 16.7 Å². The lowest BCUT2D eigenvalue weighted by Crippen LogP contribution is -2.26. The van der Waals surface area contributed by atoms with E-state index in [-0.39, 0.29) is 5.56 Å². The molecule has 23 heavy (non-hydrogen) atoms. The van der Waals surface area contributed by atoms with E-state index in [4.69, 9.17) is 9.05 Å². The van der Waals surface area contributed by atoms with Crippen LogP contribution in [-0.2, 0) is 18.9 Å². The van der Waals surface area contributed by atoms with Crippen molar-refractivity contribution in [2.45, 2.75) is 58.1 Å². The molecule has 0 radical (unpaired) electrons. The van der Waals surface area contributed by atoms with Gasteiger partial charge in [0.2, 0.25) is 0 Å². The van der Waals surface area contributed by atoms with E-state index in [0.717, 1.165) is 5.56 Å². The molecule has 4 nitrogen and oxygen atoms in total. The lowest BCUT2D eigenvalue weighted by Gasteiger charge is -2.31. The highest BCUT2D eigenvalue weighted by Crippen LogP contribution is 2.57. The topological polar surface area (TPSA) is 52.6 Å². The molecule has 130 valence electrons. The van der Waals surface area contributed by atoms with E-state index in [0.29, 0.717) is 9.80 Å². The quantitative estimate of drug-likeness (QED) is 0.374. The van der Waals surface area contributed by atoms with Gasteiger partial charge in [-0.1, -0.05) is 37.9 Å². The van der Waals surface area contributed by atoms with Crippen molar-refractivity contribution >= 4 is 45.0 Å². The summed E-state index contributed by atoms with van der Waals surface area (Å²) in [6.45, 7) is 10.4. The predicted molar refractivity (Wildman–Crippen MR) is 100 cm³/mol. The van der Waals surface area contributed by atoms with Crippen LogP contribution < -0.4 is 0 Å². The van der Waals surface area contributed by atoms with Gasteiger partial charge in [0.05, 0.1) is 11.2 Å². The van der Waals surface area contributed by atoms with Crippen molar-refractivity contribution < 1.29 is 18.4 Å². The molecule has 0 aliphatic heterocycles. The van der Waals surface area contributed by atoms with Crippen LogP contribution in [0.4, 0.5) is 0 Å². The highest BCUT2D eigenvalue weighted by atomic mass is 79.9. The Kier molecular flexibility index (Phi) is 6.85. The molecule has 1 rings (SSSR count). The molecule has 0 amide bonds. The van der Waals surface area contributed by atoms with E-state index in [2.05, 4.69) is 31.9 Å². The second-order valence-electron chi connectivity index (χ2n) is 7.16. The van der Waals surface area contributed by atoms with Crippen LogP contribution in [0.5, 0.6) is 0 Å².